The van der Waals surface area contributed by atoms with Crippen LogP contribution in [0.5, 0.6) is 0 Å². The van der Waals surface area contributed by atoms with E-state index >= 15 is 0 Å². The van der Waals surface area contributed by atoms with Gasteiger partial charge in [-0.25, -0.2) is 4.98 Å². The number of aromatic nitrogens is 1. The van der Waals surface area contributed by atoms with Crippen molar-refractivity contribution in [2.45, 2.75) is 32.7 Å². The molecule has 2 atom stereocenters. The number of carbonyl (C=O) groups excluding carboxylic acids is 2. The van der Waals surface area contributed by atoms with Gasteiger partial charge in [-0.05, 0) is 38.8 Å². The average molecular weight is 333 g/mol. The zero-order chi connectivity index (χ0) is 16.6. The molecule has 3 rings (SSSR count). The predicted molar refractivity (Wildman–Crippen MR) is 87.0 cm³/mol. The van der Waals surface area contributed by atoms with E-state index in [1.54, 1.807) is 10.3 Å². The highest BCUT2D eigenvalue weighted by Crippen LogP contribution is 2.28. The molecule has 2 aromatic rings. The number of hydrogen-bond acceptors (Lipinski definition) is 5. The van der Waals surface area contributed by atoms with Gasteiger partial charge >= 0.3 is 0 Å². The molecule has 1 saturated heterocycles. The molecule has 2 N–H and O–H groups in total. The molecule has 7 heteroatoms. The SMILES string of the molecule is Cc1ccc(-c2nc(C(=O)N3C[C@H](C(N)=O)CC[C@H]3C)cs2)o1. The zero-order valence-electron chi connectivity index (χ0n) is 13.1. The second-order valence-electron chi connectivity index (χ2n) is 5.93. The van der Waals surface area contributed by atoms with Crippen molar-refractivity contribution in [1.29, 1.82) is 0 Å². The van der Waals surface area contributed by atoms with Crippen molar-refractivity contribution in [1.82, 2.24) is 9.88 Å². The fourth-order valence-corrected chi connectivity index (χ4v) is 3.56. The Hall–Kier alpha value is -2.15. The number of amides is 2. The van der Waals surface area contributed by atoms with Gasteiger partial charge < -0.3 is 15.1 Å². The molecular formula is C16H19N3O3S. The van der Waals surface area contributed by atoms with Crippen LogP contribution in [0.15, 0.2) is 21.9 Å². The number of likely N-dealkylation sites (tertiary alicyclic amines) is 1. The number of carbonyl (C=O) groups is 2. The fourth-order valence-electron chi connectivity index (χ4n) is 2.80. The number of nitrogens with two attached hydrogens (primary N) is 1. The lowest BCUT2D eigenvalue weighted by Crippen LogP contribution is -2.48. The number of thiazole rings is 1. The summed E-state index contributed by atoms with van der Waals surface area (Å²) in [6.07, 6.45) is 1.50. The van der Waals surface area contributed by atoms with E-state index in [1.165, 1.54) is 11.3 Å². The summed E-state index contributed by atoms with van der Waals surface area (Å²) in [5.41, 5.74) is 5.78. The summed E-state index contributed by atoms with van der Waals surface area (Å²) in [5, 5.41) is 2.41. The van der Waals surface area contributed by atoms with E-state index in [2.05, 4.69) is 4.98 Å². The van der Waals surface area contributed by atoms with Crippen molar-refractivity contribution in [3.8, 4) is 10.8 Å². The van der Waals surface area contributed by atoms with Crippen LogP contribution >= 0.6 is 11.3 Å². The van der Waals surface area contributed by atoms with Crippen LogP contribution in [0.3, 0.4) is 0 Å². The third kappa shape index (κ3) is 3.14. The van der Waals surface area contributed by atoms with Gasteiger partial charge in [-0.2, -0.15) is 0 Å². The highest BCUT2D eigenvalue weighted by Gasteiger charge is 2.33. The minimum Gasteiger partial charge on any atom is -0.459 e. The van der Waals surface area contributed by atoms with Crippen molar-refractivity contribution in [2.24, 2.45) is 11.7 Å². The van der Waals surface area contributed by atoms with Gasteiger partial charge in [-0.15, -0.1) is 11.3 Å². The number of hydrogen-bond donors (Lipinski definition) is 1. The molecule has 1 aliphatic rings. The maximum atomic E-state index is 12.7. The normalized spacial score (nSPS) is 21.4. The lowest BCUT2D eigenvalue weighted by molar-refractivity contribution is -0.123. The number of aryl methyl sites for hydroxylation is 1. The molecular weight excluding hydrogens is 314 g/mol. The van der Waals surface area contributed by atoms with Crippen molar-refractivity contribution < 1.29 is 14.0 Å². The first-order valence-corrected chi connectivity index (χ1v) is 8.46. The van der Waals surface area contributed by atoms with E-state index in [0.717, 1.165) is 18.6 Å². The van der Waals surface area contributed by atoms with E-state index < -0.39 is 0 Å². The summed E-state index contributed by atoms with van der Waals surface area (Å²) >= 11 is 1.37. The highest BCUT2D eigenvalue weighted by atomic mass is 32.1. The number of nitrogens with zero attached hydrogens (tertiary/aromatic N) is 2. The quantitative estimate of drug-likeness (QED) is 0.934. The Balaban J connectivity index is 1.79. The Morgan fingerprint density at radius 1 is 1.39 bits per heavy atom. The second kappa shape index (κ2) is 6.16. The van der Waals surface area contributed by atoms with Crippen LogP contribution in [0.4, 0.5) is 0 Å². The van der Waals surface area contributed by atoms with Crippen LogP contribution < -0.4 is 5.73 Å². The van der Waals surface area contributed by atoms with Gasteiger partial charge in [-0.1, -0.05) is 0 Å². The third-order valence-electron chi connectivity index (χ3n) is 4.22. The first kappa shape index (κ1) is 15.7. The zero-order valence-corrected chi connectivity index (χ0v) is 13.9. The molecule has 2 aromatic heterocycles. The molecule has 1 aliphatic heterocycles. The third-order valence-corrected chi connectivity index (χ3v) is 5.08. The predicted octanol–water partition coefficient (Wildman–Crippen LogP) is 2.44. The molecule has 0 saturated carbocycles. The van der Waals surface area contributed by atoms with Crippen LogP contribution in [0, 0.1) is 12.8 Å². The average Bonchev–Trinajstić information content (AvgIpc) is 3.15. The summed E-state index contributed by atoms with van der Waals surface area (Å²) in [5.74, 6) is 0.681. The van der Waals surface area contributed by atoms with Gasteiger partial charge in [-0.3, -0.25) is 9.59 Å². The maximum absolute atomic E-state index is 12.7. The second-order valence-corrected chi connectivity index (χ2v) is 6.79. The number of piperidine rings is 1. The smallest absolute Gasteiger partial charge is 0.273 e. The van der Waals surface area contributed by atoms with Gasteiger partial charge in [0, 0.05) is 18.0 Å². The molecule has 0 spiro atoms. The molecule has 23 heavy (non-hydrogen) atoms. The first-order valence-electron chi connectivity index (χ1n) is 7.58. The molecule has 3 heterocycles. The van der Waals surface area contributed by atoms with Crippen LogP contribution in [-0.4, -0.2) is 34.3 Å². The fraction of sp³-hybridized carbons (Fsp3) is 0.438. The Morgan fingerprint density at radius 3 is 2.83 bits per heavy atom. The van der Waals surface area contributed by atoms with E-state index in [1.807, 2.05) is 26.0 Å². The summed E-state index contributed by atoms with van der Waals surface area (Å²) in [6, 6.07) is 3.78. The lowest BCUT2D eigenvalue weighted by atomic mass is 9.93. The number of primary amides is 1. The molecule has 6 nitrogen and oxygen atoms in total. The minimum absolute atomic E-state index is 0.0779. The minimum atomic E-state index is -0.347. The van der Waals surface area contributed by atoms with E-state index in [4.69, 9.17) is 10.2 Å². The lowest BCUT2D eigenvalue weighted by Gasteiger charge is -2.36. The Kier molecular flexibility index (Phi) is 4.21. The number of rotatable bonds is 3. The van der Waals surface area contributed by atoms with Crippen LogP contribution in [0.25, 0.3) is 10.8 Å². The van der Waals surface area contributed by atoms with Crippen molar-refractivity contribution in [3.63, 3.8) is 0 Å². The van der Waals surface area contributed by atoms with Crippen LogP contribution in [-0.2, 0) is 4.79 Å². The first-order chi connectivity index (χ1) is 11.0. The van der Waals surface area contributed by atoms with E-state index in [9.17, 15) is 9.59 Å². The topological polar surface area (TPSA) is 89.4 Å². The van der Waals surface area contributed by atoms with Crippen LogP contribution in [0.2, 0.25) is 0 Å². The number of furan rings is 1. The van der Waals surface area contributed by atoms with Crippen molar-refractivity contribution in [2.75, 3.05) is 6.54 Å². The summed E-state index contributed by atoms with van der Waals surface area (Å²) in [7, 11) is 0. The molecule has 122 valence electrons. The standard InChI is InChI=1S/C16H19N3O3S/c1-9-3-5-11(14(17)20)7-19(9)16(21)12-8-23-15(18-12)13-6-4-10(2)22-13/h4,6,8-9,11H,3,5,7H2,1-2H3,(H2,17,20)/t9-,11-/m1/s1. The van der Waals surface area contributed by atoms with Gasteiger partial charge in [0.1, 0.15) is 11.5 Å². The molecule has 0 aromatic carbocycles. The molecule has 1 fully saturated rings. The largest absolute Gasteiger partial charge is 0.459 e. The molecule has 0 unspecified atom stereocenters. The van der Waals surface area contributed by atoms with Crippen molar-refractivity contribution in [3.05, 3.63) is 29.0 Å². The summed E-state index contributed by atoms with van der Waals surface area (Å²) in [6.45, 7) is 4.21. The molecule has 0 aliphatic carbocycles. The molecule has 0 radical (unpaired) electrons. The van der Waals surface area contributed by atoms with E-state index in [0.29, 0.717) is 23.0 Å². The Morgan fingerprint density at radius 2 is 2.17 bits per heavy atom. The monoisotopic (exact) mass is 333 g/mol. The van der Waals surface area contributed by atoms with Crippen LogP contribution in [0.1, 0.15) is 36.0 Å². The maximum Gasteiger partial charge on any atom is 0.273 e. The Bertz CT molecular complexity index is 737. The summed E-state index contributed by atoms with van der Waals surface area (Å²) < 4.78 is 5.54. The molecule has 0 bridgehead atoms. The highest BCUT2D eigenvalue weighted by molar-refractivity contribution is 7.13. The van der Waals surface area contributed by atoms with E-state index in [-0.39, 0.29) is 23.8 Å². The van der Waals surface area contributed by atoms with Gasteiger partial charge in [0.25, 0.3) is 5.91 Å². The Labute approximate surface area is 138 Å². The van der Waals surface area contributed by atoms with Crippen molar-refractivity contribution >= 4 is 23.2 Å². The van der Waals surface area contributed by atoms with Gasteiger partial charge in [0.05, 0.1) is 5.92 Å². The van der Waals surface area contributed by atoms with Gasteiger partial charge in [0.15, 0.2) is 10.8 Å². The van der Waals surface area contributed by atoms with Gasteiger partial charge in [0.2, 0.25) is 5.91 Å². The molecule has 2 amide bonds. The summed E-state index contributed by atoms with van der Waals surface area (Å²) in [4.78, 5) is 30.2.